The molecule has 0 saturated carbocycles. The van der Waals surface area contributed by atoms with Crippen molar-refractivity contribution in [2.75, 3.05) is 27.4 Å². The highest BCUT2D eigenvalue weighted by Gasteiger charge is 2.11. The summed E-state index contributed by atoms with van der Waals surface area (Å²) in [6, 6.07) is 6.06. The summed E-state index contributed by atoms with van der Waals surface area (Å²) < 4.78 is 10.4. The Bertz CT molecular complexity index is 557. The van der Waals surface area contributed by atoms with Crippen LogP contribution in [0.25, 0.3) is 10.6 Å². The first-order valence-electron chi connectivity index (χ1n) is 6.41. The van der Waals surface area contributed by atoms with Crippen LogP contribution in [-0.2, 0) is 11.3 Å². The van der Waals surface area contributed by atoms with Crippen LogP contribution in [-0.4, -0.2) is 37.6 Å². The highest BCUT2D eigenvalue weighted by molar-refractivity contribution is 7.14. The molecule has 1 aromatic carbocycles. The van der Waals surface area contributed by atoms with E-state index in [1.54, 1.807) is 25.6 Å². The third kappa shape index (κ3) is 3.75. The van der Waals surface area contributed by atoms with Crippen molar-refractivity contribution in [3.8, 4) is 16.3 Å². The molecule has 1 heterocycles. The molecule has 2 rings (SSSR count). The van der Waals surface area contributed by atoms with Gasteiger partial charge in [0.1, 0.15) is 10.8 Å². The second kappa shape index (κ2) is 7.33. The van der Waals surface area contributed by atoms with Gasteiger partial charge in [-0.15, -0.1) is 10.2 Å². The van der Waals surface area contributed by atoms with Crippen molar-refractivity contribution in [3.05, 3.63) is 28.8 Å². The van der Waals surface area contributed by atoms with Gasteiger partial charge in [-0.05, 0) is 19.1 Å². The summed E-state index contributed by atoms with van der Waals surface area (Å²) >= 11 is 1.58. The quantitative estimate of drug-likeness (QED) is 0.794. The molecule has 0 fully saturated rings. The average molecular weight is 293 g/mol. The Labute approximate surface area is 123 Å². The molecule has 0 atom stereocenters. The minimum atomic E-state index is 0.692. The average Bonchev–Trinajstić information content (AvgIpc) is 2.92. The third-order valence-electron chi connectivity index (χ3n) is 2.81. The van der Waals surface area contributed by atoms with Gasteiger partial charge in [-0.3, -0.25) is 0 Å². The van der Waals surface area contributed by atoms with Gasteiger partial charge >= 0.3 is 0 Å². The van der Waals surface area contributed by atoms with E-state index < -0.39 is 0 Å². The van der Waals surface area contributed by atoms with Crippen LogP contribution in [0.2, 0.25) is 0 Å². The molecule has 0 bridgehead atoms. The first-order valence-corrected chi connectivity index (χ1v) is 7.23. The number of methoxy groups -OCH3 is 2. The Kier molecular flexibility index (Phi) is 5.46. The van der Waals surface area contributed by atoms with Crippen LogP contribution in [0.5, 0.6) is 5.75 Å². The van der Waals surface area contributed by atoms with Gasteiger partial charge in [-0.25, -0.2) is 0 Å². The lowest BCUT2D eigenvalue weighted by Gasteiger charge is -2.06. The van der Waals surface area contributed by atoms with E-state index in [-0.39, 0.29) is 0 Å². The Hall–Kier alpha value is -1.50. The number of nitrogens with one attached hydrogen (secondary N) is 1. The Morgan fingerprint density at radius 2 is 2.10 bits per heavy atom. The van der Waals surface area contributed by atoms with Gasteiger partial charge in [0.2, 0.25) is 0 Å². The van der Waals surface area contributed by atoms with E-state index in [1.807, 2.05) is 12.1 Å². The van der Waals surface area contributed by atoms with E-state index >= 15 is 0 Å². The number of aryl methyl sites for hydroxylation is 1. The molecule has 0 aliphatic heterocycles. The summed E-state index contributed by atoms with van der Waals surface area (Å²) in [5, 5.41) is 13.6. The van der Waals surface area contributed by atoms with Gasteiger partial charge in [0, 0.05) is 20.2 Å². The first-order chi connectivity index (χ1) is 9.74. The van der Waals surface area contributed by atoms with E-state index in [1.165, 1.54) is 5.56 Å². The first kappa shape index (κ1) is 14.9. The summed E-state index contributed by atoms with van der Waals surface area (Å²) in [5.74, 6) is 0.825. The van der Waals surface area contributed by atoms with Crippen LogP contribution in [0.1, 0.15) is 10.6 Å². The summed E-state index contributed by atoms with van der Waals surface area (Å²) in [6.45, 7) is 4.25. The van der Waals surface area contributed by atoms with Crippen LogP contribution in [0, 0.1) is 6.92 Å². The highest BCUT2D eigenvalue weighted by atomic mass is 32.1. The molecular weight excluding hydrogens is 274 g/mol. The molecule has 108 valence electrons. The van der Waals surface area contributed by atoms with E-state index in [2.05, 4.69) is 28.5 Å². The monoisotopic (exact) mass is 293 g/mol. The molecule has 0 spiro atoms. The lowest BCUT2D eigenvalue weighted by Crippen LogP contribution is -2.18. The minimum absolute atomic E-state index is 0.692. The number of hydrogen-bond donors (Lipinski definition) is 1. The van der Waals surface area contributed by atoms with Crippen LogP contribution < -0.4 is 10.1 Å². The molecule has 0 saturated heterocycles. The van der Waals surface area contributed by atoms with Gasteiger partial charge in [-0.1, -0.05) is 23.0 Å². The van der Waals surface area contributed by atoms with Gasteiger partial charge in [0.15, 0.2) is 5.01 Å². The van der Waals surface area contributed by atoms with Gasteiger partial charge in [0.05, 0.1) is 19.3 Å². The molecule has 2 aromatic rings. The van der Waals surface area contributed by atoms with Gasteiger partial charge < -0.3 is 14.8 Å². The fourth-order valence-corrected chi connectivity index (χ4v) is 2.62. The van der Waals surface area contributed by atoms with Crippen molar-refractivity contribution < 1.29 is 9.47 Å². The molecule has 0 unspecified atom stereocenters. The second-order valence-corrected chi connectivity index (χ2v) is 5.44. The van der Waals surface area contributed by atoms with E-state index in [0.717, 1.165) is 27.9 Å². The number of hydrogen-bond acceptors (Lipinski definition) is 6. The van der Waals surface area contributed by atoms with Crippen LogP contribution >= 0.6 is 11.3 Å². The smallest absolute Gasteiger partial charge is 0.151 e. The number of rotatable bonds is 7. The number of aromatic nitrogens is 2. The van der Waals surface area contributed by atoms with Crippen molar-refractivity contribution in [2.24, 2.45) is 0 Å². The molecule has 0 aliphatic carbocycles. The molecule has 1 aromatic heterocycles. The maximum absolute atomic E-state index is 5.38. The topological polar surface area (TPSA) is 56.3 Å². The fraction of sp³-hybridized carbons (Fsp3) is 0.429. The Morgan fingerprint density at radius 3 is 2.85 bits per heavy atom. The molecule has 20 heavy (non-hydrogen) atoms. The normalized spacial score (nSPS) is 10.8. The molecule has 1 N–H and O–H groups in total. The van der Waals surface area contributed by atoms with Crippen molar-refractivity contribution in [2.45, 2.75) is 13.5 Å². The molecule has 0 radical (unpaired) electrons. The standard InChI is InChI=1S/C14H19N3O2S/c1-10-4-5-12(19-3)11(8-10)14-17-16-13(20-14)9-15-6-7-18-2/h4-5,8,15H,6-7,9H2,1-3H3. The maximum Gasteiger partial charge on any atom is 0.151 e. The summed E-state index contributed by atoms with van der Waals surface area (Å²) in [4.78, 5) is 0. The SMILES string of the molecule is COCCNCc1nnc(-c2cc(C)ccc2OC)s1. The van der Waals surface area contributed by atoms with Crippen molar-refractivity contribution in [1.82, 2.24) is 15.5 Å². The van der Waals surface area contributed by atoms with E-state index in [0.29, 0.717) is 13.2 Å². The van der Waals surface area contributed by atoms with Gasteiger partial charge in [-0.2, -0.15) is 0 Å². The lowest BCUT2D eigenvalue weighted by atomic mass is 10.1. The fourth-order valence-electron chi connectivity index (χ4n) is 1.79. The molecule has 0 aliphatic rings. The van der Waals surface area contributed by atoms with Crippen molar-refractivity contribution >= 4 is 11.3 Å². The summed E-state index contributed by atoms with van der Waals surface area (Å²) in [6.07, 6.45) is 0. The largest absolute Gasteiger partial charge is 0.496 e. The van der Waals surface area contributed by atoms with E-state index in [9.17, 15) is 0 Å². The molecule has 0 amide bonds. The third-order valence-corrected chi connectivity index (χ3v) is 3.77. The predicted octanol–water partition coefficient (Wildman–Crippen LogP) is 2.26. The zero-order valence-corrected chi connectivity index (χ0v) is 12.8. The Morgan fingerprint density at radius 1 is 1.25 bits per heavy atom. The Balaban J connectivity index is 2.10. The number of nitrogens with zero attached hydrogens (tertiary/aromatic N) is 2. The van der Waals surface area contributed by atoms with Gasteiger partial charge in [0.25, 0.3) is 0 Å². The second-order valence-electron chi connectivity index (χ2n) is 4.37. The predicted molar refractivity (Wildman–Crippen MR) is 80.2 cm³/mol. The maximum atomic E-state index is 5.38. The zero-order chi connectivity index (χ0) is 14.4. The van der Waals surface area contributed by atoms with Crippen LogP contribution in [0.3, 0.4) is 0 Å². The van der Waals surface area contributed by atoms with Crippen LogP contribution in [0.15, 0.2) is 18.2 Å². The van der Waals surface area contributed by atoms with Crippen LogP contribution in [0.4, 0.5) is 0 Å². The number of ether oxygens (including phenoxy) is 2. The summed E-state index contributed by atoms with van der Waals surface area (Å²) in [7, 11) is 3.36. The van der Waals surface area contributed by atoms with E-state index in [4.69, 9.17) is 9.47 Å². The molecular formula is C14H19N3O2S. The lowest BCUT2D eigenvalue weighted by molar-refractivity contribution is 0.199. The summed E-state index contributed by atoms with van der Waals surface area (Å²) in [5.41, 5.74) is 2.17. The number of benzene rings is 1. The molecule has 5 nitrogen and oxygen atoms in total. The minimum Gasteiger partial charge on any atom is -0.496 e. The molecule has 6 heteroatoms. The zero-order valence-electron chi connectivity index (χ0n) is 12.0. The highest BCUT2D eigenvalue weighted by Crippen LogP contribution is 2.32. The van der Waals surface area contributed by atoms with Crippen molar-refractivity contribution in [1.29, 1.82) is 0 Å². The van der Waals surface area contributed by atoms with Crippen molar-refractivity contribution in [3.63, 3.8) is 0 Å².